The second-order valence-corrected chi connectivity index (χ2v) is 4.78. The Balaban J connectivity index is -0.000000210. The van der Waals surface area contributed by atoms with E-state index in [4.69, 9.17) is 4.57 Å². The molecule has 0 fully saturated rings. The third-order valence-electron chi connectivity index (χ3n) is 2.18. The van der Waals surface area contributed by atoms with Gasteiger partial charge >= 0.3 is 29.5 Å². The molecule has 1 rings (SSSR count). The Morgan fingerprint density at radius 3 is 1.11 bits per heavy atom. The van der Waals surface area contributed by atoms with Crippen LogP contribution in [0.25, 0.3) is 10.6 Å². The minimum atomic E-state index is 0.167. The molecule has 0 aliphatic carbocycles. The zero-order valence-electron chi connectivity index (χ0n) is 12.8. The third-order valence-corrected chi connectivity index (χ3v) is 2.18. The Labute approximate surface area is 124 Å². The molecule has 0 aliphatic rings. The van der Waals surface area contributed by atoms with Gasteiger partial charge in [-0.25, -0.2) is 0 Å². The summed E-state index contributed by atoms with van der Waals surface area (Å²) in [5, 5.41) is 7.00. The maximum atomic E-state index is 8.90. The fraction of sp³-hybridized carbons (Fsp3) is 0.615. The van der Waals surface area contributed by atoms with E-state index in [0.717, 1.165) is 0 Å². The molecular formula is C13H25N2OPTi-3. The molecule has 0 saturated heterocycles. The number of aryl methyl sites for hydroxylation is 2. The molecule has 18 heavy (non-hydrogen) atoms. The standard InChI is InChI=1S/C9H13.2C2H6N.OP.Ti/c1-6-5-7(2)9(4)8(6)3;2*1-3-2;1-2;/h5H,1-4H3;2*1-2H3;;/q4*-1;+1. The molecule has 0 heterocycles. The summed E-state index contributed by atoms with van der Waals surface area (Å²) in [4.78, 5) is 0. The van der Waals surface area contributed by atoms with Crippen LogP contribution in [-0.4, -0.2) is 28.2 Å². The monoisotopic (exact) mass is 304 g/mol. The van der Waals surface area contributed by atoms with Crippen molar-refractivity contribution >= 4 is 5.77 Å². The molecule has 0 aromatic heterocycles. The van der Waals surface area contributed by atoms with Gasteiger partial charge in [-0.2, -0.15) is 56.5 Å². The molecule has 0 unspecified atom stereocenters. The number of rotatable bonds is 0. The zero-order valence-corrected chi connectivity index (χ0v) is 15.3. The molecule has 0 N–H and O–H groups in total. The molecule has 0 aliphatic heterocycles. The quantitative estimate of drug-likeness (QED) is 0.392. The van der Waals surface area contributed by atoms with Crippen molar-refractivity contribution in [3.63, 3.8) is 0 Å². The fourth-order valence-corrected chi connectivity index (χ4v) is 1.13. The average Bonchev–Trinajstić information content (AvgIpc) is 2.49. The van der Waals surface area contributed by atoms with E-state index in [2.05, 4.69) is 44.4 Å². The van der Waals surface area contributed by atoms with Crippen molar-refractivity contribution in [1.29, 1.82) is 0 Å². The van der Waals surface area contributed by atoms with E-state index < -0.39 is 0 Å². The molecule has 0 atom stereocenters. The van der Waals surface area contributed by atoms with Crippen LogP contribution < -0.4 is 0 Å². The van der Waals surface area contributed by atoms with Crippen LogP contribution in [0.1, 0.15) is 22.3 Å². The van der Waals surface area contributed by atoms with Gasteiger partial charge in [0.15, 0.2) is 0 Å². The molecule has 0 amide bonds. The van der Waals surface area contributed by atoms with Gasteiger partial charge in [-0.15, -0.1) is 0 Å². The topological polar surface area (TPSA) is 45.3 Å². The third kappa shape index (κ3) is 14.3. The SMILES string of the molecule is C[N-]C.C[N-]C.Cc1[cH-]c(C)c(C)c1C.O=[P]#[Ti]. The minimum absolute atomic E-state index is 0.167. The molecule has 0 saturated carbocycles. The Kier molecular flexibility index (Phi) is 22.3. The van der Waals surface area contributed by atoms with Gasteiger partial charge < -0.3 is 10.6 Å². The van der Waals surface area contributed by atoms with Gasteiger partial charge in [0.05, 0.1) is 0 Å². The number of hydrogen-bond donors (Lipinski definition) is 0. The Hall–Kier alpha value is 0.214. The average molecular weight is 304 g/mol. The van der Waals surface area contributed by atoms with E-state index in [1.165, 1.54) is 22.3 Å². The van der Waals surface area contributed by atoms with Gasteiger partial charge in [-0.3, -0.25) is 0 Å². The van der Waals surface area contributed by atoms with Crippen LogP contribution in [0.4, 0.5) is 0 Å². The molecule has 5 heteroatoms. The summed E-state index contributed by atoms with van der Waals surface area (Å²) < 4.78 is 8.90. The van der Waals surface area contributed by atoms with Crippen molar-refractivity contribution in [2.45, 2.75) is 27.7 Å². The van der Waals surface area contributed by atoms with Gasteiger partial charge in [-0.1, -0.05) is 27.7 Å². The van der Waals surface area contributed by atoms with E-state index >= 15 is 0 Å². The van der Waals surface area contributed by atoms with Crippen molar-refractivity contribution in [2.75, 3.05) is 28.2 Å². The first-order valence-corrected chi connectivity index (χ1v) is 8.43. The number of hydrogen-bond acceptors (Lipinski definition) is 1. The summed E-state index contributed by atoms with van der Waals surface area (Å²) in [5.74, 6) is 0.167. The van der Waals surface area contributed by atoms with Crippen molar-refractivity contribution < 1.29 is 23.8 Å². The summed E-state index contributed by atoms with van der Waals surface area (Å²) in [6.07, 6.45) is 0. The van der Waals surface area contributed by atoms with Crippen molar-refractivity contribution in [2.24, 2.45) is 0 Å². The number of nitrogens with zero attached hydrogens (tertiary/aromatic N) is 2. The predicted octanol–water partition coefficient (Wildman–Crippen LogP) is 4.62. The second-order valence-electron chi connectivity index (χ2n) is 3.75. The van der Waals surface area contributed by atoms with Gasteiger partial charge in [0.25, 0.3) is 0 Å². The predicted molar refractivity (Wildman–Crippen MR) is 79.0 cm³/mol. The van der Waals surface area contributed by atoms with Crippen LogP contribution in [0.2, 0.25) is 0 Å². The van der Waals surface area contributed by atoms with E-state index in [0.29, 0.717) is 0 Å². The summed E-state index contributed by atoms with van der Waals surface area (Å²) in [7, 11) is 7.00. The van der Waals surface area contributed by atoms with Crippen LogP contribution in [-0.2, 0) is 23.8 Å². The first-order chi connectivity index (χ1) is 8.37. The van der Waals surface area contributed by atoms with Gasteiger partial charge in [0.1, 0.15) is 0 Å². The van der Waals surface area contributed by atoms with Crippen LogP contribution in [0.5, 0.6) is 0 Å². The Morgan fingerprint density at radius 1 is 0.889 bits per heavy atom. The van der Waals surface area contributed by atoms with E-state index in [1.54, 1.807) is 47.4 Å². The Bertz CT molecular complexity index is 350. The summed E-state index contributed by atoms with van der Waals surface area (Å²) in [5.41, 5.74) is 5.75. The van der Waals surface area contributed by atoms with Crippen molar-refractivity contribution in [3.8, 4) is 0 Å². The van der Waals surface area contributed by atoms with Crippen molar-refractivity contribution in [3.05, 3.63) is 39.0 Å². The molecule has 1 aromatic rings. The van der Waals surface area contributed by atoms with Gasteiger partial charge in [0.2, 0.25) is 0 Å². The molecule has 0 spiro atoms. The van der Waals surface area contributed by atoms with E-state index in [9.17, 15) is 0 Å². The normalized spacial score (nSPS) is 7.89. The Morgan fingerprint density at radius 2 is 1.06 bits per heavy atom. The van der Waals surface area contributed by atoms with Crippen molar-refractivity contribution in [1.82, 2.24) is 0 Å². The van der Waals surface area contributed by atoms with Crippen LogP contribution in [0.3, 0.4) is 0 Å². The first-order valence-electron chi connectivity index (χ1n) is 5.52. The molecule has 0 bridgehead atoms. The van der Waals surface area contributed by atoms with Gasteiger partial charge in [0, 0.05) is 0 Å². The molecule has 1 aromatic carbocycles. The van der Waals surface area contributed by atoms with Crippen LogP contribution in [0, 0.1) is 27.7 Å². The second kappa shape index (κ2) is 17.2. The molecule has 0 radical (unpaired) electrons. The fourth-order valence-electron chi connectivity index (χ4n) is 1.13. The van der Waals surface area contributed by atoms with Crippen LogP contribution >= 0.6 is 5.77 Å². The summed E-state index contributed by atoms with van der Waals surface area (Å²) in [6.45, 7) is 8.68. The van der Waals surface area contributed by atoms with Crippen LogP contribution in [0.15, 0.2) is 6.07 Å². The zero-order chi connectivity index (χ0) is 15.1. The van der Waals surface area contributed by atoms with E-state index in [1.807, 2.05) is 0 Å². The maximum absolute atomic E-state index is 8.90. The molecule has 105 valence electrons. The van der Waals surface area contributed by atoms with E-state index in [-0.39, 0.29) is 5.77 Å². The summed E-state index contributed by atoms with van der Waals surface area (Å²) in [6, 6.07) is 2.24. The van der Waals surface area contributed by atoms with Gasteiger partial charge in [-0.05, 0) is 0 Å². The summed E-state index contributed by atoms with van der Waals surface area (Å²) >= 11 is 1.54. The first kappa shape index (κ1) is 23.3. The molecule has 3 nitrogen and oxygen atoms in total. The molecular weight excluding hydrogens is 279 g/mol.